The van der Waals surface area contributed by atoms with Gasteiger partial charge < -0.3 is 13.9 Å². The lowest BCUT2D eigenvalue weighted by Gasteiger charge is -2.14. The van der Waals surface area contributed by atoms with Crippen molar-refractivity contribution >= 4 is 22.5 Å². The van der Waals surface area contributed by atoms with Crippen LogP contribution in [0.1, 0.15) is 24.0 Å². The van der Waals surface area contributed by atoms with E-state index in [0.29, 0.717) is 46.9 Å². The molecule has 1 fully saturated rings. The van der Waals surface area contributed by atoms with E-state index in [2.05, 4.69) is 9.97 Å². The third-order valence-corrected chi connectivity index (χ3v) is 7.33. The Bertz CT molecular complexity index is 1690. The molecule has 6 rings (SSSR count). The number of hydrogen-bond donors (Lipinski definition) is 0. The van der Waals surface area contributed by atoms with Crippen LogP contribution in [-0.2, 0) is 22.4 Å². The third-order valence-electron chi connectivity index (χ3n) is 7.33. The van der Waals surface area contributed by atoms with Gasteiger partial charge in [0.25, 0.3) is 0 Å². The number of aromatic nitrogens is 2. The average Bonchev–Trinajstić information content (AvgIpc) is 3.62. The van der Waals surface area contributed by atoms with E-state index >= 15 is 0 Å². The Morgan fingerprint density at radius 2 is 1.60 bits per heavy atom. The predicted molar refractivity (Wildman–Crippen MR) is 146 cm³/mol. The van der Waals surface area contributed by atoms with E-state index in [9.17, 15) is 14.0 Å². The molecule has 40 heavy (non-hydrogen) atoms. The summed E-state index contributed by atoms with van der Waals surface area (Å²) < 4.78 is 30.4. The van der Waals surface area contributed by atoms with Gasteiger partial charge in [0.05, 0.1) is 29.8 Å². The number of nitrogens with zero attached hydrogens (tertiary/aromatic N) is 2. The van der Waals surface area contributed by atoms with Gasteiger partial charge in [-0.1, -0.05) is 24.3 Å². The number of ketones is 2. The number of rotatable bonds is 10. The first kappa shape index (κ1) is 25.4. The Morgan fingerprint density at radius 1 is 0.925 bits per heavy atom. The maximum Gasteiger partial charge on any atom is 0.181 e. The monoisotopic (exact) mass is 536 g/mol. The smallest absolute Gasteiger partial charge is 0.181 e. The summed E-state index contributed by atoms with van der Waals surface area (Å²) >= 11 is 0. The van der Waals surface area contributed by atoms with Gasteiger partial charge in [-0.2, -0.15) is 0 Å². The summed E-state index contributed by atoms with van der Waals surface area (Å²) in [6.07, 6.45) is 6.04. The minimum Gasteiger partial charge on any atom is -0.496 e. The van der Waals surface area contributed by atoms with Crippen molar-refractivity contribution in [3.8, 4) is 28.6 Å². The highest BCUT2D eigenvalue weighted by Crippen LogP contribution is 2.49. The summed E-state index contributed by atoms with van der Waals surface area (Å²) in [5, 5.41) is 0.768. The van der Waals surface area contributed by atoms with Gasteiger partial charge in [0, 0.05) is 30.5 Å². The van der Waals surface area contributed by atoms with Gasteiger partial charge in [-0.3, -0.25) is 14.6 Å². The molecular weight excluding hydrogens is 511 g/mol. The second-order valence-electron chi connectivity index (χ2n) is 9.90. The molecule has 0 bridgehead atoms. The summed E-state index contributed by atoms with van der Waals surface area (Å²) in [7, 11) is 1.58. The number of pyridine rings is 1. The number of Topliss-reactive ketones (excluding diaryl/α,β-unsaturated/α-hetero) is 2. The van der Waals surface area contributed by atoms with Crippen molar-refractivity contribution in [2.45, 2.75) is 25.7 Å². The van der Waals surface area contributed by atoms with Crippen LogP contribution in [-0.4, -0.2) is 28.6 Å². The summed E-state index contributed by atoms with van der Waals surface area (Å²) in [5.74, 6) is 1.82. The highest BCUT2D eigenvalue weighted by molar-refractivity contribution is 6.11. The number of carbonyl (C=O) groups excluding carboxylic acids is 2. The van der Waals surface area contributed by atoms with E-state index in [1.165, 1.54) is 18.5 Å². The van der Waals surface area contributed by atoms with E-state index in [0.717, 1.165) is 16.5 Å². The van der Waals surface area contributed by atoms with Crippen LogP contribution in [0.4, 0.5) is 4.39 Å². The Morgan fingerprint density at radius 3 is 2.20 bits per heavy atom. The first-order valence-corrected chi connectivity index (χ1v) is 12.9. The SMILES string of the molecule is COc1cc2nccc(Oc3ccc(CC(=O)C4(C(=O)Cc5ccc(F)cc5)CC4)cc3)c2cc1-c1cnco1. The topological polar surface area (TPSA) is 91.5 Å². The van der Waals surface area contributed by atoms with Crippen LogP contribution in [0, 0.1) is 11.2 Å². The number of benzene rings is 3. The van der Waals surface area contributed by atoms with Crippen LogP contribution in [0.25, 0.3) is 22.2 Å². The van der Waals surface area contributed by atoms with E-state index < -0.39 is 5.41 Å². The largest absolute Gasteiger partial charge is 0.496 e. The molecule has 1 aliphatic rings. The van der Waals surface area contributed by atoms with Crippen molar-refractivity contribution in [1.82, 2.24) is 9.97 Å². The predicted octanol–water partition coefficient (Wildman–Crippen LogP) is 6.53. The number of oxazole rings is 1. The van der Waals surface area contributed by atoms with Crippen molar-refractivity contribution < 1.29 is 27.9 Å². The second kappa shape index (κ2) is 10.4. The van der Waals surface area contributed by atoms with Gasteiger partial charge in [-0.15, -0.1) is 0 Å². The number of methoxy groups -OCH3 is 1. The standard InChI is InChI=1S/C32H25FN2O5/c1-38-28-17-26-24(16-25(28)29-18-34-19-39-29)27(10-13-35-26)40-23-8-4-21(5-9-23)15-31(37)32(11-12-32)30(36)14-20-2-6-22(33)7-3-20/h2-10,13,16-19H,11-12,14-15H2,1H3. The Hall–Kier alpha value is -4.85. The summed E-state index contributed by atoms with van der Waals surface area (Å²) in [6, 6.07) is 18.6. The molecule has 1 saturated carbocycles. The summed E-state index contributed by atoms with van der Waals surface area (Å²) in [6.45, 7) is 0. The van der Waals surface area contributed by atoms with Crippen LogP contribution >= 0.6 is 0 Å². The molecule has 5 aromatic rings. The molecule has 3 aromatic carbocycles. The van der Waals surface area contributed by atoms with E-state index in [4.69, 9.17) is 13.9 Å². The minimum atomic E-state index is -0.929. The lowest BCUT2D eigenvalue weighted by Crippen LogP contribution is -2.28. The molecule has 0 amide bonds. The molecule has 8 heteroatoms. The van der Waals surface area contributed by atoms with Crippen molar-refractivity contribution in [3.63, 3.8) is 0 Å². The fourth-order valence-electron chi connectivity index (χ4n) is 4.90. The van der Waals surface area contributed by atoms with Crippen LogP contribution in [0.3, 0.4) is 0 Å². The van der Waals surface area contributed by atoms with E-state index in [-0.39, 0.29) is 30.2 Å². The minimum absolute atomic E-state index is 0.0812. The Balaban J connectivity index is 1.17. The number of fused-ring (bicyclic) bond motifs is 1. The quantitative estimate of drug-likeness (QED) is 0.187. The first-order chi connectivity index (χ1) is 19.4. The van der Waals surface area contributed by atoms with E-state index in [1.54, 1.807) is 49.8 Å². The molecule has 0 unspecified atom stereocenters. The Labute approximate surface area is 229 Å². The molecule has 2 heterocycles. The lowest BCUT2D eigenvalue weighted by molar-refractivity contribution is -0.133. The maximum atomic E-state index is 13.2. The zero-order valence-corrected chi connectivity index (χ0v) is 21.7. The molecule has 7 nitrogen and oxygen atoms in total. The first-order valence-electron chi connectivity index (χ1n) is 12.9. The fraction of sp³-hybridized carbons (Fsp3) is 0.188. The number of ether oxygens (including phenoxy) is 2. The van der Waals surface area contributed by atoms with Crippen LogP contribution < -0.4 is 9.47 Å². The Kier molecular flexibility index (Phi) is 6.59. The molecule has 0 radical (unpaired) electrons. The van der Waals surface area contributed by atoms with Crippen LogP contribution in [0.2, 0.25) is 0 Å². The molecule has 0 atom stereocenters. The molecule has 1 aliphatic carbocycles. The number of hydrogen-bond acceptors (Lipinski definition) is 7. The molecule has 2 aromatic heterocycles. The van der Waals surface area contributed by atoms with Crippen molar-refractivity contribution in [1.29, 1.82) is 0 Å². The highest BCUT2D eigenvalue weighted by atomic mass is 19.1. The molecule has 200 valence electrons. The lowest BCUT2D eigenvalue weighted by atomic mass is 9.88. The second-order valence-corrected chi connectivity index (χ2v) is 9.90. The number of halogens is 1. The van der Waals surface area contributed by atoms with Gasteiger partial charge in [0.15, 0.2) is 23.7 Å². The molecular formula is C32H25FN2O5. The average molecular weight is 537 g/mol. The van der Waals surface area contributed by atoms with Crippen LogP contribution in [0.15, 0.2) is 89.9 Å². The molecule has 0 spiro atoms. The highest BCUT2D eigenvalue weighted by Gasteiger charge is 2.54. The zero-order valence-electron chi connectivity index (χ0n) is 21.7. The molecule has 0 N–H and O–H groups in total. The van der Waals surface area contributed by atoms with Crippen molar-refractivity contribution in [3.05, 3.63) is 102 Å². The fourth-order valence-corrected chi connectivity index (χ4v) is 4.90. The van der Waals surface area contributed by atoms with Crippen molar-refractivity contribution in [2.24, 2.45) is 5.41 Å². The molecule has 0 aliphatic heterocycles. The summed E-state index contributed by atoms with van der Waals surface area (Å²) in [4.78, 5) is 34.6. The van der Waals surface area contributed by atoms with E-state index in [1.807, 2.05) is 24.3 Å². The normalized spacial score (nSPS) is 13.7. The van der Waals surface area contributed by atoms with Gasteiger partial charge in [-0.25, -0.2) is 9.37 Å². The molecule has 0 saturated heterocycles. The maximum absolute atomic E-state index is 13.2. The van der Waals surface area contributed by atoms with Gasteiger partial charge in [0.2, 0.25) is 0 Å². The number of carbonyl (C=O) groups is 2. The zero-order chi connectivity index (χ0) is 27.7. The van der Waals surface area contributed by atoms with Gasteiger partial charge in [0.1, 0.15) is 23.1 Å². The summed E-state index contributed by atoms with van der Waals surface area (Å²) in [5.41, 5.74) is 2.00. The van der Waals surface area contributed by atoms with Gasteiger partial charge >= 0.3 is 0 Å². The van der Waals surface area contributed by atoms with Gasteiger partial charge in [-0.05, 0) is 60.4 Å². The van der Waals surface area contributed by atoms with Crippen LogP contribution in [0.5, 0.6) is 17.2 Å². The van der Waals surface area contributed by atoms with Crippen molar-refractivity contribution in [2.75, 3.05) is 7.11 Å². The third kappa shape index (κ3) is 4.96.